The molecule has 0 spiro atoms. The number of esters is 3. The van der Waals surface area contributed by atoms with Gasteiger partial charge < -0.3 is 14.2 Å². The van der Waals surface area contributed by atoms with Gasteiger partial charge in [-0.15, -0.1) is 0 Å². The van der Waals surface area contributed by atoms with Gasteiger partial charge in [-0.05, 0) is 122 Å². The minimum absolute atomic E-state index is 0.0879. The summed E-state index contributed by atoms with van der Waals surface area (Å²) >= 11 is 0. The molecule has 1 atom stereocenters. The Morgan fingerprint density at radius 1 is 0.269 bits per heavy atom. The van der Waals surface area contributed by atoms with Crippen LogP contribution in [0.4, 0.5) is 0 Å². The number of carbonyl (C=O) groups excluding carboxylic acids is 3. The van der Waals surface area contributed by atoms with Crippen molar-refractivity contribution in [3.8, 4) is 0 Å². The van der Waals surface area contributed by atoms with Crippen molar-refractivity contribution in [1.82, 2.24) is 0 Å². The molecule has 0 aromatic carbocycles. The Labute approximate surface area is 482 Å². The van der Waals surface area contributed by atoms with Gasteiger partial charge in [-0.25, -0.2) is 0 Å². The van der Waals surface area contributed by atoms with Crippen molar-refractivity contribution in [1.29, 1.82) is 0 Å². The summed E-state index contributed by atoms with van der Waals surface area (Å²) in [5, 5.41) is 0. The molecule has 0 fully saturated rings. The normalized spacial score (nSPS) is 12.8. The Morgan fingerprint density at radius 3 is 0.821 bits per heavy atom. The van der Waals surface area contributed by atoms with E-state index in [1.54, 1.807) is 0 Å². The number of allylic oxidation sites excluding steroid dienone is 18. The predicted octanol–water partition coefficient (Wildman–Crippen LogP) is 22.6. The second kappa shape index (κ2) is 65.6. The Hall–Kier alpha value is -3.93. The van der Waals surface area contributed by atoms with E-state index >= 15 is 0 Å². The minimum Gasteiger partial charge on any atom is -0.462 e. The van der Waals surface area contributed by atoms with Gasteiger partial charge in [-0.3, -0.25) is 14.4 Å². The molecule has 0 amide bonds. The fourth-order valence-corrected chi connectivity index (χ4v) is 9.05. The Morgan fingerprint density at radius 2 is 0.513 bits per heavy atom. The van der Waals surface area contributed by atoms with E-state index in [9.17, 15) is 14.4 Å². The average molecular weight is 1080 g/mol. The zero-order valence-corrected chi connectivity index (χ0v) is 51.2. The summed E-state index contributed by atoms with van der Waals surface area (Å²) in [4.78, 5) is 38.3. The van der Waals surface area contributed by atoms with E-state index in [1.807, 2.05) is 0 Å². The summed E-state index contributed by atoms with van der Waals surface area (Å²) in [6.45, 7) is 6.46. The second-order valence-electron chi connectivity index (χ2n) is 21.6. The lowest BCUT2D eigenvalue weighted by molar-refractivity contribution is -0.167. The van der Waals surface area contributed by atoms with Crippen LogP contribution in [0.3, 0.4) is 0 Å². The smallest absolute Gasteiger partial charge is 0.306 e. The van der Waals surface area contributed by atoms with Crippen molar-refractivity contribution >= 4 is 17.9 Å². The molecule has 6 heteroatoms. The van der Waals surface area contributed by atoms with Crippen molar-refractivity contribution in [3.05, 3.63) is 109 Å². The van der Waals surface area contributed by atoms with Gasteiger partial charge in [0.2, 0.25) is 0 Å². The van der Waals surface area contributed by atoms with Gasteiger partial charge in [0.25, 0.3) is 0 Å². The van der Waals surface area contributed by atoms with E-state index in [-0.39, 0.29) is 31.1 Å². The van der Waals surface area contributed by atoms with Crippen molar-refractivity contribution in [2.24, 2.45) is 0 Å². The van der Waals surface area contributed by atoms with Gasteiger partial charge >= 0.3 is 17.9 Å². The third-order valence-electron chi connectivity index (χ3n) is 14.0. The number of carbonyl (C=O) groups is 3. The molecule has 0 aliphatic carbocycles. The highest BCUT2D eigenvalue weighted by Crippen LogP contribution is 2.16. The summed E-state index contributed by atoms with van der Waals surface area (Å²) in [7, 11) is 0. The molecule has 0 aromatic heterocycles. The standard InChI is InChI=1S/C72H122O6/c1-4-7-10-13-16-19-22-25-28-30-32-33-34-35-36-37-38-39-41-42-44-47-50-53-56-59-62-65-71(74)77-68-69(67-76-70(73)64-61-58-55-52-49-46-27-24-21-18-15-12-9-6-3)78-72(75)66-63-60-57-54-51-48-45-43-40-31-29-26-23-20-17-14-11-8-5-2/h7,10,15-20,24-29,32-33,40,43,69H,4-6,8-9,11-14,21-23,30-31,34-39,41-42,44-68H2,1-3H3/b10-7-,18-15-,19-16-,20-17-,27-24-,28-25-,29-26-,33-32-,43-40-. The number of hydrogen-bond donors (Lipinski definition) is 0. The molecule has 0 saturated heterocycles. The Balaban J connectivity index is 4.33. The van der Waals surface area contributed by atoms with Gasteiger partial charge in [0.1, 0.15) is 13.2 Å². The topological polar surface area (TPSA) is 78.9 Å². The molecule has 0 rings (SSSR count). The molecule has 0 aromatic rings. The summed E-state index contributed by atoms with van der Waals surface area (Å²) < 4.78 is 16.9. The maximum absolute atomic E-state index is 12.9. The maximum atomic E-state index is 12.9. The van der Waals surface area contributed by atoms with Crippen molar-refractivity contribution in [2.75, 3.05) is 13.2 Å². The second-order valence-corrected chi connectivity index (χ2v) is 21.6. The Bertz CT molecular complexity index is 1570. The van der Waals surface area contributed by atoms with Crippen molar-refractivity contribution in [3.63, 3.8) is 0 Å². The monoisotopic (exact) mass is 1080 g/mol. The van der Waals surface area contributed by atoms with E-state index < -0.39 is 6.10 Å². The van der Waals surface area contributed by atoms with Crippen LogP contribution in [-0.2, 0) is 28.6 Å². The average Bonchev–Trinajstić information content (AvgIpc) is 3.44. The van der Waals surface area contributed by atoms with Gasteiger partial charge in [-0.2, -0.15) is 0 Å². The lowest BCUT2D eigenvalue weighted by Crippen LogP contribution is -2.30. The van der Waals surface area contributed by atoms with Gasteiger partial charge in [0.15, 0.2) is 6.10 Å². The van der Waals surface area contributed by atoms with E-state index in [0.717, 1.165) is 135 Å². The van der Waals surface area contributed by atoms with E-state index in [4.69, 9.17) is 14.2 Å². The fourth-order valence-electron chi connectivity index (χ4n) is 9.05. The van der Waals surface area contributed by atoms with E-state index in [0.29, 0.717) is 19.3 Å². The zero-order chi connectivity index (χ0) is 56.4. The summed E-state index contributed by atoms with van der Waals surface area (Å²) in [6, 6.07) is 0. The van der Waals surface area contributed by atoms with Crippen LogP contribution < -0.4 is 0 Å². The number of unbranched alkanes of at least 4 members (excludes halogenated alkanes) is 30. The quantitative estimate of drug-likeness (QED) is 0.0261. The first kappa shape index (κ1) is 74.1. The van der Waals surface area contributed by atoms with Gasteiger partial charge in [0, 0.05) is 19.3 Å². The molecular formula is C72H122O6. The first-order valence-electron chi connectivity index (χ1n) is 32.9. The van der Waals surface area contributed by atoms with Gasteiger partial charge in [0.05, 0.1) is 0 Å². The number of ether oxygens (including phenoxy) is 3. The van der Waals surface area contributed by atoms with Crippen LogP contribution in [-0.4, -0.2) is 37.2 Å². The molecule has 0 aliphatic heterocycles. The van der Waals surface area contributed by atoms with E-state index in [2.05, 4.69) is 130 Å². The molecule has 0 bridgehead atoms. The highest BCUT2D eigenvalue weighted by Gasteiger charge is 2.19. The molecule has 1 unspecified atom stereocenters. The minimum atomic E-state index is -0.793. The van der Waals surface area contributed by atoms with Crippen LogP contribution in [0.25, 0.3) is 0 Å². The highest BCUT2D eigenvalue weighted by atomic mass is 16.6. The fraction of sp³-hybridized carbons (Fsp3) is 0.708. The molecule has 0 aliphatic rings. The first-order chi connectivity index (χ1) is 38.5. The summed E-state index contributed by atoms with van der Waals surface area (Å²) in [6.07, 6.45) is 89.5. The van der Waals surface area contributed by atoms with Crippen LogP contribution in [0.15, 0.2) is 109 Å². The first-order valence-corrected chi connectivity index (χ1v) is 32.9. The van der Waals surface area contributed by atoms with Crippen LogP contribution in [0.5, 0.6) is 0 Å². The van der Waals surface area contributed by atoms with E-state index in [1.165, 1.54) is 135 Å². The maximum Gasteiger partial charge on any atom is 0.306 e. The van der Waals surface area contributed by atoms with Gasteiger partial charge in [-0.1, -0.05) is 278 Å². The third kappa shape index (κ3) is 62.9. The highest BCUT2D eigenvalue weighted by molar-refractivity contribution is 5.71. The third-order valence-corrected chi connectivity index (χ3v) is 14.0. The molecular weight excluding hydrogens is 961 g/mol. The summed E-state index contributed by atoms with van der Waals surface area (Å²) in [5.41, 5.74) is 0. The SMILES string of the molecule is CC/C=C\C/C=C\C/C=C\C/C=C\CCCCCCCCCCCCCCCCC(=O)OCC(COC(=O)CCCCCCC/C=C\C/C=C\CCCC)OC(=O)CCCCCCCC/C=C\C/C=C\C/C=C\CCCCC. The van der Waals surface area contributed by atoms with Crippen molar-refractivity contribution < 1.29 is 28.6 Å². The molecule has 446 valence electrons. The van der Waals surface area contributed by atoms with Crippen LogP contribution in [0.2, 0.25) is 0 Å². The van der Waals surface area contributed by atoms with Crippen LogP contribution in [0.1, 0.15) is 310 Å². The van der Waals surface area contributed by atoms with Crippen molar-refractivity contribution in [2.45, 2.75) is 316 Å². The molecule has 78 heavy (non-hydrogen) atoms. The Kier molecular flexibility index (Phi) is 62.3. The molecule has 0 saturated carbocycles. The predicted molar refractivity (Wildman–Crippen MR) is 339 cm³/mol. The summed E-state index contributed by atoms with van der Waals surface area (Å²) in [5.74, 6) is -0.907. The van der Waals surface area contributed by atoms with Crippen LogP contribution in [0, 0.1) is 0 Å². The molecule has 0 radical (unpaired) electrons. The lowest BCUT2D eigenvalue weighted by atomic mass is 10.0. The lowest BCUT2D eigenvalue weighted by Gasteiger charge is -2.18. The number of hydrogen-bond acceptors (Lipinski definition) is 6. The molecule has 0 heterocycles. The molecule has 0 N–H and O–H groups in total. The largest absolute Gasteiger partial charge is 0.462 e. The van der Waals surface area contributed by atoms with Crippen LogP contribution >= 0.6 is 0 Å². The zero-order valence-electron chi connectivity index (χ0n) is 51.2. The number of rotatable bonds is 59. The molecule has 6 nitrogen and oxygen atoms in total.